The van der Waals surface area contributed by atoms with Gasteiger partial charge in [0, 0.05) is 10.9 Å². The number of nitrogens with zero attached hydrogens (tertiary/aromatic N) is 3. The van der Waals surface area contributed by atoms with Crippen molar-refractivity contribution >= 4 is 20.9 Å². The lowest BCUT2D eigenvalue weighted by molar-refractivity contribution is 0.413. The van der Waals surface area contributed by atoms with Crippen LogP contribution < -0.4 is 4.74 Å². The monoisotopic (exact) mass is 399 g/mol. The topological polar surface area (TPSA) is 74.1 Å². The van der Waals surface area contributed by atoms with Gasteiger partial charge in [-0.2, -0.15) is 5.10 Å². The summed E-state index contributed by atoms with van der Waals surface area (Å²) in [6.45, 7) is 8.08. The van der Waals surface area contributed by atoms with E-state index in [-0.39, 0.29) is 17.5 Å². The summed E-state index contributed by atoms with van der Waals surface area (Å²) in [5.41, 5.74) is 6.65. The maximum absolute atomic E-state index is 12.0. The number of hydrogen-bond acceptors (Lipinski definition) is 5. The van der Waals surface area contributed by atoms with Gasteiger partial charge in [-0.3, -0.25) is 0 Å². The predicted octanol–water partition coefficient (Wildman–Crippen LogP) is 3.70. The highest BCUT2D eigenvalue weighted by Gasteiger charge is 2.32. The van der Waals surface area contributed by atoms with Gasteiger partial charge in [0.25, 0.3) is 0 Å². The molecule has 1 aliphatic heterocycles. The van der Waals surface area contributed by atoms with E-state index in [1.54, 1.807) is 7.11 Å². The zero-order chi connectivity index (χ0) is 20.2. The van der Waals surface area contributed by atoms with Gasteiger partial charge in [-0.25, -0.2) is 18.1 Å². The first kappa shape index (κ1) is 18.9. The SMILES string of the molecule is COc1c(C)cc(C)cc1-c1cc(C)c2c(C)nn(C3CCS(=O)(=O)C3)c2n1. The molecule has 1 fully saturated rings. The zero-order valence-corrected chi connectivity index (χ0v) is 17.7. The largest absolute Gasteiger partial charge is 0.496 e. The summed E-state index contributed by atoms with van der Waals surface area (Å²) in [6, 6.07) is 6.06. The molecule has 4 rings (SSSR count). The van der Waals surface area contributed by atoms with Crippen LogP contribution in [0, 0.1) is 27.7 Å². The Morgan fingerprint density at radius 2 is 1.86 bits per heavy atom. The van der Waals surface area contributed by atoms with Gasteiger partial charge >= 0.3 is 0 Å². The molecule has 0 aliphatic carbocycles. The third kappa shape index (κ3) is 3.07. The molecule has 1 aromatic carbocycles. The smallest absolute Gasteiger partial charge is 0.159 e. The summed E-state index contributed by atoms with van der Waals surface area (Å²) < 4.78 is 31.5. The van der Waals surface area contributed by atoms with Crippen molar-refractivity contribution < 1.29 is 13.2 Å². The van der Waals surface area contributed by atoms with Crippen LogP contribution in [0.2, 0.25) is 0 Å². The average molecular weight is 400 g/mol. The van der Waals surface area contributed by atoms with Gasteiger partial charge in [0.15, 0.2) is 15.5 Å². The molecule has 3 heterocycles. The number of aryl methyl sites for hydroxylation is 4. The lowest BCUT2D eigenvalue weighted by Crippen LogP contribution is -2.13. The van der Waals surface area contributed by atoms with Crippen LogP contribution in [0.25, 0.3) is 22.3 Å². The van der Waals surface area contributed by atoms with Gasteiger partial charge in [0.05, 0.1) is 36.0 Å². The van der Waals surface area contributed by atoms with E-state index in [1.165, 1.54) is 0 Å². The molecule has 7 heteroatoms. The number of aromatic nitrogens is 3. The summed E-state index contributed by atoms with van der Waals surface area (Å²) in [7, 11) is -1.33. The zero-order valence-electron chi connectivity index (χ0n) is 16.9. The molecule has 1 aliphatic rings. The average Bonchev–Trinajstić information content (AvgIpc) is 3.13. The Bertz CT molecular complexity index is 1200. The Balaban J connectivity index is 1.95. The van der Waals surface area contributed by atoms with Crippen molar-refractivity contribution in [1.29, 1.82) is 0 Å². The summed E-state index contributed by atoms with van der Waals surface area (Å²) in [6.07, 6.45) is 0.580. The molecule has 0 spiro atoms. The minimum atomic E-state index is -3.01. The lowest BCUT2D eigenvalue weighted by atomic mass is 10.0. The first-order chi connectivity index (χ1) is 13.2. The van der Waals surface area contributed by atoms with Gasteiger partial charge in [-0.15, -0.1) is 0 Å². The second kappa shape index (κ2) is 6.58. The van der Waals surface area contributed by atoms with Crippen LogP contribution in [0.15, 0.2) is 18.2 Å². The van der Waals surface area contributed by atoms with Crippen molar-refractivity contribution in [3.05, 3.63) is 40.6 Å². The van der Waals surface area contributed by atoms with Crippen molar-refractivity contribution in [1.82, 2.24) is 14.8 Å². The van der Waals surface area contributed by atoms with Gasteiger partial charge in [-0.05, 0) is 62.9 Å². The van der Waals surface area contributed by atoms with E-state index in [1.807, 2.05) is 25.5 Å². The van der Waals surface area contributed by atoms with Crippen molar-refractivity contribution in [2.45, 2.75) is 40.2 Å². The van der Waals surface area contributed by atoms with Crippen LogP contribution in [0.3, 0.4) is 0 Å². The van der Waals surface area contributed by atoms with Crippen LogP contribution in [0.1, 0.15) is 34.8 Å². The molecule has 148 valence electrons. The third-order valence-corrected chi connectivity index (χ3v) is 7.24. The predicted molar refractivity (Wildman–Crippen MR) is 111 cm³/mol. The number of methoxy groups -OCH3 is 1. The number of ether oxygens (including phenoxy) is 1. The molecule has 1 saturated heterocycles. The van der Waals surface area contributed by atoms with E-state index in [0.717, 1.165) is 50.4 Å². The Kier molecular flexibility index (Phi) is 4.45. The van der Waals surface area contributed by atoms with Crippen LogP contribution in [0.5, 0.6) is 5.75 Å². The molecule has 2 aromatic heterocycles. The van der Waals surface area contributed by atoms with E-state index in [9.17, 15) is 8.42 Å². The van der Waals surface area contributed by atoms with Crippen LogP contribution >= 0.6 is 0 Å². The minimum absolute atomic E-state index is 0.126. The standard InChI is InChI=1S/C21H25N3O3S/c1-12-8-14(3)20(27-5)17(9-12)18-10-13(2)19-15(4)23-24(21(19)22-18)16-6-7-28(25,26)11-16/h8-10,16H,6-7,11H2,1-5H3. The Labute approximate surface area is 165 Å². The summed E-state index contributed by atoms with van der Waals surface area (Å²) in [4.78, 5) is 4.94. The first-order valence-corrected chi connectivity index (χ1v) is 11.2. The number of rotatable bonds is 3. The van der Waals surface area contributed by atoms with Crippen molar-refractivity contribution in [2.24, 2.45) is 0 Å². The molecular formula is C21H25N3O3S. The number of pyridine rings is 1. The van der Waals surface area contributed by atoms with Crippen molar-refractivity contribution in [3.8, 4) is 17.0 Å². The molecule has 1 unspecified atom stereocenters. The molecule has 6 nitrogen and oxygen atoms in total. The summed E-state index contributed by atoms with van der Waals surface area (Å²) in [5.74, 6) is 1.14. The fourth-order valence-corrected chi connectivity index (χ4v) is 6.00. The number of benzene rings is 1. The molecule has 0 amide bonds. The van der Waals surface area contributed by atoms with Crippen molar-refractivity contribution in [2.75, 3.05) is 18.6 Å². The first-order valence-electron chi connectivity index (χ1n) is 9.42. The normalized spacial score (nSPS) is 18.7. The Morgan fingerprint density at radius 1 is 1.11 bits per heavy atom. The fourth-order valence-electron chi connectivity index (χ4n) is 4.30. The highest BCUT2D eigenvalue weighted by atomic mass is 32.2. The second-order valence-electron chi connectivity index (χ2n) is 7.77. The van der Waals surface area contributed by atoms with E-state index < -0.39 is 9.84 Å². The van der Waals surface area contributed by atoms with Gasteiger partial charge in [0.1, 0.15) is 5.75 Å². The Morgan fingerprint density at radius 3 is 2.50 bits per heavy atom. The van der Waals surface area contributed by atoms with Crippen LogP contribution in [-0.4, -0.2) is 41.8 Å². The van der Waals surface area contributed by atoms with E-state index in [4.69, 9.17) is 9.72 Å². The molecule has 0 saturated carbocycles. The lowest BCUT2D eigenvalue weighted by Gasteiger charge is -2.14. The molecule has 3 aromatic rings. The quantitative estimate of drug-likeness (QED) is 0.671. The van der Waals surface area contributed by atoms with E-state index in [2.05, 4.69) is 30.2 Å². The Hall–Kier alpha value is -2.41. The molecule has 0 bridgehead atoms. The molecule has 0 N–H and O–H groups in total. The number of sulfone groups is 1. The minimum Gasteiger partial charge on any atom is -0.496 e. The van der Waals surface area contributed by atoms with Gasteiger partial charge < -0.3 is 4.74 Å². The van der Waals surface area contributed by atoms with Crippen LogP contribution in [0.4, 0.5) is 0 Å². The summed E-state index contributed by atoms with van der Waals surface area (Å²) >= 11 is 0. The molecule has 1 atom stereocenters. The van der Waals surface area contributed by atoms with Gasteiger partial charge in [-0.1, -0.05) is 6.07 Å². The molecular weight excluding hydrogens is 374 g/mol. The highest BCUT2D eigenvalue weighted by Crippen LogP contribution is 2.36. The third-order valence-electron chi connectivity index (χ3n) is 5.49. The van der Waals surface area contributed by atoms with E-state index >= 15 is 0 Å². The van der Waals surface area contributed by atoms with Crippen molar-refractivity contribution in [3.63, 3.8) is 0 Å². The summed E-state index contributed by atoms with van der Waals surface area (Å²) in [5, 5.41) is 5.67. The maximum atomic E-state index is 12.0. The highest BCUT2D eigenvalue weighted by molar-refractivity contribution is 7.91. The number of fused-ring (bicyclic) bond motifs is 1. The maximum Gasteiger partial charge on any atom is 0.159 e. The number of hydrogen-bond donors (Lipinski definition) is 0. The second-order valence-corrected chi connectivity index (χ2v) is 10.0. The van der Waals surface area contributed by atoms with Crippen LogP contribution in [-0.2, 0) is 9.84 Å². The fraction of sp³-hybridized carbons (Fsp3) is 0.429. The molecule has 0 radical (unpaired) electrons. The molecule has 28 heavy (non-hydrogen) atoms. The van der Waals surface area contributed by atoms with Gasteiger partial charge in [0.2, 0.25) is 0 Å². The van der Waals surface area contributed by atoms with E-state index in [0.29, 0.717) is 6.42 Å².